The van der Waals surface area contributed by atoms with Gasteiger partial charge in [-0.3, -0.25) is 5.32 Å². The fraction of sp³-hybridized carbons (Fsp3) is 0.250. The Balaban J connectivity index is 1.73. The van der Waals surface area contributed by atoms with Crippen LogP contribution in [0.25, 0.3) is 0 Å². The maximum Gasteiger partial charge on any atom is 0.412 e. The molecule has 0 aliphatic heterocycles. The summed E-state index contributed by atoms with van der Waals surface area (Å²) in [6.07, 6.45) is 3.29. The first kappa shape index (κ1) is 23.9. The lowest BCUT2D eigenvalue weighted by molar-refractivity contribution is 0.173. The first-order valence-electron chi connectivity index (χ1n) is 11.0. The molecule has 0 unspecified atom stereocenters. The molecule has 3 rings (SSSR count). The van der Waals surface area contributed by atoms with Gasteiger partial charge in [0.25, 0.3) is 0 Å². The van der Waals surface area contributed by atoms with Gasteiger partial charge in [-0.25, -0.2) is 4.79 Å². The molecule has 1 amide bonds. The van der Waals surface area contributed by atoms with Crippen molar-refractivity contribution in [1.82, 2.24) is 0 Å². The van der Waals surface area contributed by atoms with Crippen molar-refractivity contribution in [3.8, 4) is 11.5 Å². The van der Waals surface area contributed by atoms with Gasteiger partial charge in [0.15, 0.2) is 11.5 Å². The van der Waals surface area contributed by atoms with Crippen molar-refractivity contribution in [1.29, 1.82) is 0 Å². The highest BCUT2D eigenvalue weighted by molar-refractivity contribution is 5.87. The number of para-hydroxylation sites is 1. The Morgan fingerprint density at radius 1 is 0.818 bits per heavy atom. The van der Waals surface area contributed by atoms with E-state index in [0.717, 1.165) is 11.1 Å². The molecule has 5 nitrogen and oxygen atoms in total. The third-order valence-corrected chi connectivity index (χ3v) is 4.61. The van der Waals surface area contributed by atoms with Gasteiger partial charge in [0.05, 0.1) is 5.69 Å². The summed E-state index contributed by atoms with van der Waals surface area (Å²) in [6.45, 7) is 7.16. The van der Waals surface area contributed by atoms with Gasteiger partial charge in [-0.2, -0.15) is 0 Å². The highest BCUT2D eigenvalue weighted by Crippen LogP contribution is 2.36. The quantitative estimate of drug-likeness (QED) is 0.360. The van der Waals surface area contributed by atoms with Crippen LogP contribution in [0, 0.1) is 5.41 Å². The maximum atomic E-state index is 12.4. The first-order chi connectivity index (χ1) is 15.9. The third kappa shape index (κ3) is 8.37. The second-order valence-corrected chi connectivity index (χ2v) is 8.67. The Hall–Kier alpha value is -3.73. The summed E-state index contributed by atoms with van der Waals surface area (Å²) >= 11 is 0. The van der Waals surface area contributed by atoms with Crippen molar-refractivity contribution >= 4 is 11.8 Å². The van der Waals surface area contributed by atoms with Crippen LogP contribution in [0.5, 0.6) is 11.5 Å². The second kappa shape index (κ2) is 11.8. The number of nitrogens with one attached hydrogen (secondary N) is 1. The van der Waals surface area contributed by atoms with Gasteiger partial charge >= 0.3 is 6.09 Å². The molecule has 0 heterocycles. The number of benzene rings is 3. The first-order valence-corrected chi connectivity index (χ1v) is 11.0. The summed E-state index contributed by atoms with van der Waals surface area (Å²) in [7, 11) is 0. The molecule has 0 spiro atoms. The van der Waals surface area contributed by atoms with Crippen molar-refractivity contribution in [3.63, 3.8) is 0 Å². The average molecular weight is 446 g/mol. The zero-order valence-electron chi connectivity index (χ0n) is 19.4. The molecule has 0 atom stereocenters. The standard InChI is InChI=1S/C28H31NO4/c1-28(2,3)18-11-19-31-27(30)29-24-16-10-17-25(32-20-22-12-6-4-7-13-22)26(24)33-21-23-14-8-5-9-15-23/h4-18H,19-21H2,1-3H3,(H,29,30). The van der Waals surface area contributed by atoms with E-state index in [1.807, 2.05) is 84.9 Å². The zero-order valence-corrected chi connectivity index (χ0v) is 19.4. The molecule has 0 aliphatic carbocycles. The Kier molecular flexibility index (Phi) is 8.53. The smallest absolute Gasteiger partial charge is 0.412 e. The van der Waals surface area contributed by atoms with E-state index >= 15 is 0 Å². The Morgan fingerprint density at radius 2 is 1.42 bits per heavy atom. The van der Waals surface area contributed by atoms with E-state index < -0.39 is 6.09 Å². The molecular weight excluding hydrogens is 414 g/mol. The van der Waals surface area contributed by atoms with Crippen LogP contribution < -0.4 is 14.8 Å². The SMILES string of the molecule is CC(C)(C)C=CCOC(=O)Nc1cccc(OCc2ccccc2)c1OCc1ccccc1. The topological polar surface area (TPSA) is 56.8 Å². The van der Waals surface area contributed by atoms with Crippen LogP contribution in [-0.4, -0.2) is 12.7 Å². The summed E-state index contributed by atoms with van der Waals surface area (Å²) in [5, 5.41) is 2.78. The fourth-order valence-electron chi connectivity index (χ4n) is 3.01. The van der Waals surface area contributed by atoms with E-state index in [-0.39, 0.29) is 12.0 Å². The minimum Gasteiger partial charge on any atom is -0.485 e. The summed E-state index contributed by atoms with van der Waals surface area (Å²) < 4.78 is 17.4. The highest BCUT2D eigenvalue weighted by atomic mass is 16.5. The molecule has 1 N–H and O–H groups in total. The normalized spacial score (nSPS) is 11.2. The van der Waals surface area contributed by atoms with Crippen molar-refractivity contribution in [2.75, 3.05) is 11.9 Å². The Labute approximate surface area is 196 Å². The third-order valence-electron chi connectivity index (χ3n) is 4.61. The Morgan fingerprint density at radius 3 is 2.03 bits per heavy atom. The van der Waals surface area contributed by atoms with Crippen LogP contribution in [0.4, 0.5) is 10.5 Å². The number of amides is 1. The van der Waals surface area contributed by atoms with Crippen LogP contribution in [0.2, 0.25) is 0 Å². The number of rotatable bonds is 9. The van der Waals surface area contributed by atoms with Crippen molar-refractivity contribution in [3.05, 3.63) is 102 Å². The summed E-state index contributed by atoms with van der Waals surface area (Å²) in [4.78, 5) is 12.4. The van der Waals surface area contributed by atoms with Crippen LogP contribution in [0.15, 0.2) is 91.0 Å². The van der Waals surface area contributed by atoms with E-state index in [4.69, 9.17) is 14.2 Å². The van der Waals surface area contributed by atoms with E-state index in [1.54, 1.807) is 6.07 Å². The molecule has 0 fully saturated rings. The number of carbonyl (C=O) groups excluding carboxylic acids is 1. The lowest BCUT2D eigenvalue weighted by atomic mass is 9.96. The number of anilines is 1. The molecule has 0 saturated carbocycles. The highest BCUT2D eigenvalue weighted by Gasteiger charge is 2.15. The molecule has 0 bridgehead atoms. The van der Waals surface area contributed by atoms with Crippen LogP contribution in [0.3, 0.4) is 0 Å². The lowest BCUT2D eigenvalue weighted by Gasteiger charge is -2.17. The lowest BCUT2D eigenvalue weighted by Crippen LogP contribution is -2.15. The van der Waals surface area contributed by atoms with Crippen molar-refractivity contribution in [2.45, 2.75) is 34.0 Å². The number of allylic oxidation sites excluding steroid dienone is 1. The van der Waals surface area contributed by atoms with Gasteiger partial charge in [-0.05, 0) is 28.7 Å². The summed E-state index contributed by atoms with van der Waals surface area (Å²) in [5.41, 5.74) is 2.57. The minimum absolute atomic E-state index is 0.0305. The molecule has 172 valence electrons. The van der Waals surface area contributed by atoms with Crippen LogP contribution >= 0.6 is 0 Å². The predicted octanol–water partition coefficient (Wildman–Crippen LogP) is 7.00. The molecule has 0 saturated heterocycles. The predicted molar refractivity (Wildman–Crippen MR) is 132 cm³/mol. The Bertz CT molecular complexity index is 1040. The minimum atomic E-state index is -0.557. The molecule has 0 aliphatic rings. The van der Waals surface area contributed by atoms with Gasteiger partial charge < -0.3 is 14.2 Å². The molecular formula is C28H31NO4. The fourth-order valence-corrected chi connectivity index (χ4v) is 3.01. The van der Waals surface area contributed by atoms with Crippen LogP contribution in [0.1, 0.15) is 31.9 Å². The number of hydrogen-bond donors (Lipinski definition) is 1. The van der Waals surface area contributed by atoms with Gasteiger partial charge in [-0.15, -0.1) is 0 Å². The average Bonchev–Trinajstić information content (AvgIpc) is 2.80. The maximum absolute atomic E-state index is 12.4. The molecule has 3 aromatic rings. The van der Waals surface area contributed by atoms with E-state index in [2.05, 4.69) is 26.1 Å². The largest absolute Gasteiger partial charge is 0.485 e. The van der Waals surface area contributed by atoms with Gasteiger partial charge in [-0.1, -0.05) is 99.7 Å². The monoisotopic (exact) mass is 445 g/mol. The molecule has 3 aromatic carbocycles. The second-order valence-electron chi connectivity index (χ2n) is 8.67. The molecule has 0 aromatic heterocycles. The van der Waals surface area contributed by atoms with Crippen molar-refractivity contribution in [2.24, 2.45) is 5.41 Å². The van der Waals surface area contributed by atoms with Crippen LogP contribution in [-0.2, 0) is 18.0 Å². The number of hydrogen-bond acceptors (Lipinski definition) is 4. The van der Waals surface area contributed by atoms with Gasteiger partial charge in [0, 0.05) is 0 Å². The summed E-state index contributed by atoms with van der Waals surface area (Å²) in [5.74, 6) is 1.000. The molecule has 5 heteroatoms. The van der Waals surface area contributed by atoms with Crippen molar-refractivity contribution < 1.29 is 19.0 Å². The summed E-state index contributed by atoms with van der Waals surface area (Å²) in [6, 6.07) is 25.1. The van der Waals surface area contributed by atoms with E-state index in [9.17, 15) is 4.79 Å². The van der Waals surface area contributed by atoms with Gasteiger partial charge in [0.1, 0.15) is 19.8 Å². The van der Waals surface area contributed by atoms with Gasteiger partial charge in [0.2, 0.25) is 0 Å². The molecule has 0 radical (unpaired) electrons. The van der Waals surface area contributed by atoms with E-state index in [0.29, 0.717) is 30.4 Å². The van der Waals surface area contributed by atoms with E-state index in [1.165, 1.54) is 0 Å². The molecule has 33 heavy (non-hydrogen) atoms. The number of ether oxygens (including phenoxy) is 3. The zero-order chi connectivity index (χ0) is 23.5. The number of carbonyl (C=O) groups is 1.